The van der Waals surface area contributed by atoms with Gasteiger partial charge in [0.15, 0.2) is 0 Å². The van der Waals surface area contributed by atoms with Gasteiger partial charge in [-0.2, -0.15) is 5.10 Å². The zero-order valence-electron chi connectivity index (χ0n) is 15.8. The van der Waals surface area contributed by atoms with Crippen molar-refractivity contribution in [1.29, 1.82) is 0 Å². The van der Waals surface area contributed by atoms with E-state index in [9.17, 15) is 9.59 Å². The minimum atomic E-state index is -0.264. The minimum Gasteiger partial charge on any atom is -0.324 e. The van der Waals surface area contributed by atoms with Gasteiger partial charge >= 0.3 is 0 Å². The van der Waals surface area contributed by atoms with Crippen molar-refractivity contribution in [2.24, 2.45) is 0 Å². The van der Waals surface area contributed by atoms with Crippen molar-refractivity contribution in [2.75, 3.05) is 18.4 Å². The molecule has 1 N–H and O–H groups in total. The zero-order valence-corrected chi connectivity index (χ0v) is 15.8. The maximum Gasteiger partial charge on any atom is 0.275 e. The van der Waals surface area contributed by atoms with Gasteiger partial charge in [0, 0.05) is 17.6 Å². The normalized spacial score (nSPS) is 14.9. The lowest BCUT2D eigenvalue weighted by Crippen LogP contribution is -2.30. The number of fused-ring (bicyclic) bond motifs is 1. The third-order valence-corrected chi connectivity index (χ3v) is 5.12. The van der Waals surface area contributed by atoms with Gasteiger partial charge in [0.1, 0.15) is 6.54 Å². The number of nitrogens with zero attached hydrogens (tertiary/aromatic N) is 3. The third-order valence-electron chi connectivity index (χ3n) is 5.12. The summed E-state index contributed by atoms with van der Waals surface area (Å²) in [6.07, 6.45) is 5.44. The molecule has 144 valence electrons. The lowest BCUT2D eigenvalue weighted by molar-refractivity contribution is -0.117. The van der Waals surface area contributed by atoms with Crippen molar-refractivity contribution in [3.05, 3.63) is 70.6 Å². The average Bonchev–Trinajstić information content (AvgIpc) is 2.71. The Labute approximate surface area is 163 Å². The van der Waals surface area contributed by atoms with Crippen molar-refractivity contribution in [2.45, 2.75) is 32.4 Å². The van der Waals surface area contributed by atoms with E-state index in [1.807, 2.05) is 36.4 Å². The van der Waals surface area contributed by atoms with E-state index in [1.165, 1.54) is 29.5 Å². The number of hydrogen-bond donors (Lipinski definition) is 1. The number of anilines is 1. The maximum atomic E-state index is 12.5. The summed E-state index contributed by atoms with van der Waals surface area (Å²) < 4.78 is 1.20. The van der Waals surface area contributed by atoms with Crippen LogP contribution in [0.1, 0.15) is 24.8 Å². The molecule has 4 rings (SSSR count). The minimum absolute atomic E-state index is 0.111. The lowest BCUT2D eigenvalue weighted by Gasteiger charge is -2.26. The highest BCUT2D eigenvalue weighted by Gasteiger charge is 2.12. The Balaban J connectivity index is 1.43. The summed E-state index contributed by atoms with van der Waals surface area (Å²) >= 11 is 0. The van der Waals surface area contributed by atoms with Crippen LogP contribution in [-0.2, 0) is 17.9 Å². The summed E-state index contributed by atoms with van der Waals surface area (Å²) in [7, 11) is 0. The molecule has 1 saturated heterocycles. The number of hydrogen-bond acceptors (Lipinski definition) is 4. The van der Waals surface area contributed by atoms with Crippen LogP contribution in [0.4, 0.5) is 5.69 Å². The Hall–Kier alpha value is -2.99. The van der Waals surface area contributed by atoms with Gasteiger partial charge in [-0.05, 0) is 49.7 Å². The molecule has 0 saturated carbocycles. The molecule has 0 bridgehead atoms. The van der Waals surface area contributed by atoms with Gasteiger partial charge in [-0.3, -0.25) is 14.5 Å². The van der Waals surface area contributed by atoms with Crippen LogP contribution in [0.25, 0.3) is 10.8 Å². The molecule has 2 aromatic carbocycles. The lowest BCUT2D eigenvalue weighted by atomic mass is 10.1. The van der Waals surface area contributed by atoms with Crippen LogP contribution in [0.3, 0.4) is 0 Å². The molecule has 1 aromatic heterocycles. The molecule has 6 heteroatoms. The third kappa shape index (κ3) is 4.28. The summed E-state index contributed by atoms with van der Waals surface area (Å²) in [5.41, 5.74) is 1.67. The van der Waals surface area contributed by atoms with Crippen molar-refractivity contribution < 1.29 is 4.79 Å². The number of likely N-dealkylation sites (tertiary alicyclic amines) is 1. The number of carbonyl (C=O) groups excluding carboxylic acids is 1. The summed E-state index contributed by atoms with van der Waals surface area (Å²) in [5, 5.41) is 8.34. The predicted octanol–water partition coefficient (Wildman–Crippen LogP) is 3.02. The van der Waals surface area contributed by atoms with Crippen molar-refractivity contribution in [3.8, 4) is 0 Å². The molecule has 3 aromatic rings. The Morgan fingerprint density at radius 2 is 1.86 bits per heavy atom. The molecular formula is C22H24N4O2. The second kappa shape index (κ2) is 8.35. The van der Waals surface area contributed by atoms with Gasteiger partial charge in [0.05, 0.1) is 11.6 Å². The molecule has 1 amide bonds. The summed E-state index contributed by atoms with van der Waals surface area (Å²) in [6, 6.07) is 15.2. The van der Waals surface area contributed by atoms with Gasteiger partial charge in [-0.25, -0.2) is 4.68 Å². The SMILES string of the molecule is O=C(Cn1ncc2ccccc2c1=O)Nc1cccc(CN2CCCCC2)c1. The van der Waals surface area contributed by atoms with E-state index in [2.05, 4.69) is 21.4 Å². The van der Waals surface area contributed by atoms with Gasteiger partial charge in [0.2, 0.25) is 5.91 Å². The highest BCUT2D eigenvalue weighted by atomic mass is 16.2. The highest BCUT2D eigenvalue weighted by Crippen LogP contribution is 2.16. The molecule has 28 heavy (non-hydrogen) atoms. The number of aromatic nitrogens is 2. The Morgan fingerprint density at radius 1 is 1.04 bits per heavy atom. The molecule has 1 fully saturated rings. The van der Waals surface area contributed by atoms with Gasteiger partial charge in [-0.15, -0.1) is 0 Å². The Kier molecular flexibility index (Phi) is 5.48. The summed E-state index contributed by atoms with van der Waals surface area (Å²) in [5.74, 6) is -0.264. The fraction of sp³-hybridized carbons (Fsp3) is 0.318. The highest BCUT2D eigenvalue weighted by molar-refractivity contribution is 5.90. The smallest absolute Gasteiger partial charge is 0.275 e. The molecule has 1 aliphatic heterocycles. The first kappa shape index (κ1) is 18.4. The van der Waals surface area contributed by atoms with E-state index in [4.69, 9.17) is 0 Å². The van der Waals surface area contributed by atoms with Gasteiger partial charge < -0.3 is 5.32 Å². The van der Waals surface area contributed by atoms with E-state index < -0.39 is 0 Å². The van der Waals surface area contributed by atoms with Crippen LogP contribution in [-0.4, -0.2) is 33.7 Å². The van der Waals surface area contributed by atoms with Crippen molar-refractivity contribution in [3.63, 3.8) is 0 Å². The van der Waals surface area contributed by atoms with Crippen molar-refractivity contribution >= 4 is 22.4 Å². The fourth-order valence-electron chi connectivity index (χ4n) is 3.70. The van der Waals surface area contributed by atoms with E-state index in [1.54, 1.807) is 12.3 Å². The molecule has 6 nitrogen and oxygen atoms in total. The van der Waals surface area contributed by atoms with Crippen LogP contribution >= 0.6 is 0 Å². The first-order chi connectivity index (χ1) is 13.7. The van der Waals surface area contributed by atoms with E-state index >= 15 is 0 Å². The van der Waals surface area contributed by atoms with E-state index in [-0.39, 0.29) is 18.0 Å². The van der Waals surface area contributed by atoms with Crippen LogP contribution in [0.2, 0.25) is 0 Å². The second-order valence-corrected chi connectivity index (χ2v) is 7.28. The summed E-state index contributed by atoms with van der Waals surface area (Å²) in [6.45, 7) is 3.05. The molecule has 0 radical (unpaired) electrons. The largest absolute Gasteiger partial charge is 0.324 e. The first-order valence-corrected chi connectivity index (χ1v) is 9.75. The van der Waals surface area contributed by atoms with Crippen LogP contribution < -0.4 is 10.9 Å². The molecule has 0 unspecified atom stereocenters. The van der Waals surface area contributed by atoms with Gasteiger partial charge in [0.25, 0.3) is 5.56 Å². The molecule has 0 aliphatic carbocycles. The Bertz CT molecular complexity index is 1040. The van der Waals surface area contributed by atoms with Crippen LogP contribution in [0, 0.1) is 0 Å². The number of piperidine rings is 1. The molecular weight excluding hydrogens is 352 g/mol. The van der Waals surface area contributed by atoms with E-state index in [0.29, 0.717) is 5.39 Å². The topological polar surface area (TPSA) is 67.2 Å². The second-order valence-electron chi connectivity index (χ2n) is 7.28. The Morgan fingerprint density at radius 3 is 2.71 bits per heavy atom. The number of benzene rings is 2. The number of carbonyl (C=O) groups is 1. The molecule has 0 spiro atoms. The predicted molar refractivity (Wildman–Crippen MR) is 110 cm³/mol. The number of amides is 1. The molecule has 2 heterocycles. The summed E-state index contributed by atoms with van der Waals surface area (Å²) in [4.78, 5) is 27.4. The standard InChI is InChI=1S/C22H24N4O2/c27-21(16-26-22(28)20-10-3-2-8-18(20)14-23-26)24-19-9-6-7-17(13-19)15-25-11-4-1-5-12-25/h2-3,6-10,13-14H,1,4-5,11-12,15-16H2,(H,24,27). The monoisotopic (exact) mass is 376 g/mol. The van der Waals surface area contributed by atoms with Gasteiger partial charge in [-0.1, -0.05) is 36.8 Å². The molecule has 1 aliphatic rings. The fourth-order valence-corrected chi connectivity index (χ4v) is 3.70. The first-order valence-electron chi connectivity index (χ1n) is 9.75. The maximum absolute atomic E-state index is 12.5. The average molecular weight is 376 g/mol. The number of nitrogens with one attached hydrogen (secondary N) is 1. The van der Waals surface area contributed by atoms with E-state index in [0.717, 1.165) is 30.7 Å². The van der Waals surface area contributed by atoms with Crippen LogP contribution in [0.15, 0.2) is 59.5 Å². The molecule has 0 atom stereocenters. The van der Waals surface area contributed by atoms with Crippen LogP contribution in [0.5, 0.6) is 0 Å². The quantitative estimate of drug-likeness (QED) is 0.743. The number of rotatable bonds is 5. The van der Waals surface area contributed by atoms with Crippen molar-refractivity contribution in [1.82, 2.24) is 14.7 Å². The zero-order chi connectivity index (χ0) is 19.3.